The van der Waals surface area contributed by atoms with Crippen LogP contribution in [-0.4, -0.2) is 26.2 Å². The minimum atomic E-state index is -0.138. The van der Waals surface area contributed by atoms with E-state index in [0.717, 1.165) is 40.2 Å². The van der Waals surface area contributed by atoms with E-state index in [2.05, 4.69) is 23.2 Å². The fourth-order valence-corrected chi connectivity index (χ4v) is 4.55. The van der Waals surface area contributed by atoms with Crippen LogP contribution in [0, 0.1) is 0 Å². The normalized spacial score (nSPS) is 12.6. The molecule has 3 aromatic carbocycles. The summed E-state index contributed by atoms with van der Waals surface area (Å²) >= 11 is 0. The van der Waals surface area contributed by atoms with E-state index in [4.69, 9.17) is 9.72 Å². The molecule has 0 amide bonds. The summed E-state index contributed by atoms with van der Waals surface area (Å²) < 4.78 is 7.32. The molecule has 0 atom stereocenters. The number of hydrogen-bond acceptors (Lipinski definition) is 4. The summed E-state index contributed by atoms with van der Waals surface area (Å²) in [6.45, 7) is 0.705. The predicted octanol–water partition coefficient (Wildman–Crippen LogP) is 4.49. The molecule has 6 heteroatoms. The Morgan fingerprint density at radius 2 is 1.85 bits per heavy atom. The lowest BCUT2D eigenvalue weighted by Gasteiger charge is -2.13. The average molecular weight is 450 g/mol. The number of fused-ring (bicyclic) bond motifs is 2. The van der Waals surface area contributed by atoms with E-state index in [9.17, 15) is 9.90 Å². The van der Waals surface area contributed by atoms with Gasteiger partial charge in [0.1, 0.15) is 17.2 Å². The van der Waals surface area contributed by atoms with Crippen LogP contribution in [0.15, 0.2) is 83.8 Å². The van der Waals surface area contributed by atoms with Gasteiger partial charge in [0, 0.05) is 31.0 Å². The molecule has 0 spiro atoms. The van der Waals surface area contributed by atoms with Crippen molar-refractivity contribution in [1.82, 2.24) is 14.5 Å². The molecule has 0 saturated heterocycles. The number of H-pyrrole nitrogens is 1. The number of benzene rings is 3. The Hall–Kier alpha value is -4.32. The molecule has 34 heavy (non-hydrogen) atoms. The second-order valence-electron chi connectivity index (χ2n) is 8.63. The molecule has 0 fully saturated rings. The van der Waals surface area contributed by atoms with Gasteiger partial charge in [-0.3, -0.25) is 9.36 Å². The van der Waals surface area contributed by atoms with Crippen LogP contribution in [0.1, 0.15) is 28.1 Å². The second-order valence-corrected chi connectivity index (χ2v) is 8.63. The van der Waals surface area contributed by atoms with Crippen molar-refractivity contribution in [3.63, 3.8) is 0 Å². The number of hydrogen-bond donors (Lipinski definition) is 2. The molecule has 0 saturated carbocycles. The van der Waals surface area contributed by atoms with Crippen molar-refractivity contribution in [3.8, 4) is 28.6 Å². The third-order valence-electron chi connectivity index (χ3n) is 6.26. The first-order valence-electron chi connectivity index (χ1n) is 11.3. The minimum Gasteiger partial charge on any atom is -0.508 e. The van der Waals surface area contributed by atoms with Crippen molar-refractivity contribution in [2.45, 2.75) is 19.3 Å². The molecule has 168 valence electrons. The molecule has 3 aliphatic rings. The molecule has 2 N–H and O–H groups in total. The highest BCUT2D eigenvalue weighted by atomic mass is 16.5. The molecule has 3 aromatic rings. The van der Waals surface area contributed by atoms with Crippen LogP contribution in [0.25, 0.3) is 17.1 Å². The number of nitrogens with one attached hydrogen (secondary N) is 1. The van der Waals surface area contributed by atoms with E-state index >= 15 is 0 Å². The van der Waals surface area contributed by atoms with Crippen LogP contribution in [0.3, 0.4) is 0 Å². The molecule has 0 aromatic heterocycles. The topological polar surface area (TPSA) is 80.1 Å². The number of aromatic hydroxyl groups is 1. The third kappa shape index (κ3) is 3.73. The summed E-state index contributed by atoms with van der Waals surface area (Å²) in [7, 11) is 0. The van der Waals surface area contributed by atoms with E-state index in [1.54, 1.807) is 29.0 Å². The van der Waals surface area contributed by atoms with Crippen LogP contribution in [0.4, 0.5) is 0 Å². The molecule has 3 aliphatic heterocycles. The molecule has 0 unspecified atom stereocenters. The van der Waals surface area contributed by atoms with Gasteiger partial charge in [0.05, 0.1) is 18.0 Å². The van der Waals surface area contributed by atoms with Gasteiger partial charge in [-0.2, -0.15) is 0 Å². The van der Waals surface area contributed by atoms with Gasteiger partial charge < -0.3 is 14.8 Å². The van der Waals surface area contributed by atoms with E-state index in [1.165, 1.54) is 5.56 Å². The summed E-state index contributed by atoms with van der Waals surface area (Å²) in [5, 5.41) is 9.98. The van der Waals surface area contributed by atoms with Gasteiger partial charge in [0.2, 0.25) is 0 Å². The maximum absolute atomic E-state index is 13.4. The highest BCUT2D eigenvalue weighted by Crippen LogP contribution is 2.28. The van der Waals surface area contributed by atoms with Crippen LogP contribution in [0.5, 0.6) is 11.5 Å². The van der Waals surface area contributed by atoms with E-state index in [-0.39, 0.29) is 11.3 Å². The Labute approximate surface area is 196 Å². The maximum Gasteiger partial charge on any atom is 0.278 e. The Morgan fingerprint density at radius 3 is 2.71 bits per heavy atom. The number of phenols is 1. The van der Waals surface area contributed by atoms with Crippen molar-refractivity contribution >= 4 is 0 Å². The number of imidazole rings is 1. The first kappa shape index (κ1) is 20.3. The zero-order valence-corrected chi connectivity index (χ0v) is 18.5. The molecule has 0 aliphatic carbocycles. The Bertz CT molecular complexity index is 1520. The first-order valence-corrected chi connectivity index (χ1v) is 11.3. The van der Waals surface area contributed by atoms with Gasteiger partial charge in [0.25, 0.3) is 5.56 Å². The van der Waals surface area contributed by atoms with Gasteiger partial charge in [-0.1, -0.05) is 54.6 Å². The molecule has 6 nitrogen and oxygen atoms in total. The summed E-state index contributed by atoms with van der Waals surface area (Å²) in [6, 6.07) is 23.2. The van der Waals surface area contributed by atoms with Gasteiger partial charge in [0.15, 0.2) is 5.82 Å². The zero-order chi connectivity index (χ0) is 23.1. The van der Waals surface area contributed by atoms with Crippen LogP contribution < -0.4 is 10.3 Å². The number of ether oxygens (including phenoxy) is 1. The summed E-state index contributed by atoms with van der Waals surface area (Å²) in [6.07, 6.45) is 3.72. The zero-order valence-electron chi connectivity index (χ0n) is 18.5. The lowest BCUT2D eigenvalue weighted by molar-refractivity contribution is 0.356. The summed E-state index contributed by atoms with van der Waals surface area (Å²) in [5.74, 6) is 1.69. The summed E-state index contributed by atoms with van der Waals surface area (Å²) in [4.78, 5) is 21.7. The standard InChI is InChI=1S/C28H23N3O3/c32-22-8-4-7-21(16-22)25-17-31-27(23(29-25)13-18-5-2-1-3-6-18)30-24(28(31)33)14-19-9-10-20-11-12-34-26(20)15-19/h1-10,15-17,29,32H,11-14H2. The molecule has 6 rings (SSSR count). The van der Waals surface area contributed by atoms with Crippen molar-refractivity contribution < 1.29 is 9.84 Å². The van der Waals surface area contributed by atoms with Crippen molar-refractivity contribution in [2.75, 3.05) is 6.61 Å². The van der Waals surface area contributed by atoms with Crippen molar-refractivity contribution in [3.05, 3.63) is 117 Å². The molecular formula is C28H23N3O3. The minimum absolute atomic E-state index is 0.138. The monoisotopic (exact) mass is 449 g/mol. The number of nitrogens with zero attached hydrogens (tertiary/aromatic N) is 2. The smallest absolute Gasteiger partial charge is 0.278 e. The Balaban J connectivity index is 1.46. The van der Waals surface area contributed by atoms with Gasteiger partial charge >= 0.3 is 0 Å². The number of aromatic nitrogens is 3. The van der Waals surface area contributed by atoms with Crippen LogP contribution >= 0.6 is 0 Å². The average Bonchev–Trinajstić information content (AvgIpc) is 3.44. The fourth-order valence-electron chi connectivity index (χ4n) is 4.55. The maximum atomic E-state index is 13.4. The largest absolute Gasteiger partial charge is 0.508 e. The molecule has 0 bridgehead atoms. The van der Waals surface area contributed by atoms with E-state index in [1.807, 2.05) is 36.4 Å². The lowest BCUT2D eigenvalue weighted by Crippen LogP contribution is -2.17. The Kier molecular flexibility index (Phi) is 4.91. The van der Waals surface area contributed by atoms with Crippen molar-refractivity contribution in [2.24, 2.45) is 0 Å². The van der Waals surface area contributed by atoms with Gasteiger partial charge in [-0.25, -0.2) is 4.98 Å². The van der Waals surface area contributed by atoms with E-state index in [0.29, 0.717) is 31.0 Å². The Morgan fingerprint density at radius 1 is 0.971 bits per heavy atom. The second kappa shape index (κ2) is 8.23. The van der Waals surface area contributed by atoms with Gasteiger partial charge in [-0.05, 0) is 34.9 Å². The number of phenolic OH excluding ortho intramolecular Hbond substituents is 1. The molecular weight excluding hydrogens is 426 g/mol. The number of rotatable bonds is 5. The van der Waals surface area contributed by atoms with Gasteiger partial charge in [-0.15, -0.1) is 0 Å². The third-order valence-corrected chi connectivity index (χ3v) is 6.26. The van der Waals surface area contributed by atoms with Crippen LogP contribution in [-0.2, 0) is 19.3 Å². The first-order chi connectivity index (χ1) is 16.6. The summed E-state index contributed by atoms with van der Waals surface area (Å²) in [5.41, 5.74) is 6.05. The lowest BCUT2D eigenvalue weighted by atomic mass is 10.1. The quantitative estimate of drug-likeness (QED) is 0.414. The molecule has 0 radical (unpaired) electrons. The predicted molar refractivity (Wildman–Crippen MR) is 130 cm³/mol. The highest BCUT2D eigenvalue weighted by Gasteiger charge is 2.21. The van der Waals surface area contributed by atoms with Crippen molar-refractivity contribution in [1.29, 1.82) is 0 Å². The molecule has 3 heterocycles. The fraction of sp³-hybridized carbons (Fsp3) is 0.143. The highest BCUT2D eigenvalue weighted by molar-refractivity contribution is 5.62. The van der Waals surface area contributed by atoms with Crippen LogP contribution in [0.2, 0.25) is 0 Å². The van der Waals surface area contributed by atoms with E-state index < -0.39 is 0 Å². The SMILES string of the molecule is O=c1c(Cc2ccc3c(c2)OCC3)nc2c(Cc3ccccc3)[nH]c(-c3cccc(O)c3)cn1-2. The number of aromatic amines is 1.